The first-order valence-corrected chi connectivity index (χ1v) is 10.4. The van der Waals surface area contributed by atoms with Gasteiger partial charge in [-0.25, -0.2) is 14.6 Å². The van der Waals surface area contributed by atoms with Gasteiger partial charge in [0.2, 0.25) is 0 Å². The van der Waals surface area contributed by atoms with Crippen LogP contribution in [0, 0.1) is 0 Å². The molecule has 2 aromatic heterocycles. The number of alkyl halides is 3. The van der Waals surface area contributed by atoms with Gasteiger partial charge in [-0.3, -0.25) is 0 Å². The Bertz CT molecular complexity index is 1260. The van der Waals surface area contributed by atoms with Crippen molar-refractivity contribution in [2.45, 2.75) is 25.1 Å². The number of halogens is 3. The highest BCUT2D eigenvalue weighted by Gasteiger charge is 2.30. The molecular weight excluding hydrogens is 435 g/mol. The topological polar surface area (TPSA) is 85.1 Å². The molecule has 1 aliphatic heterocycles. The van der Waals surface area contributed by atoms with Crippen molar-refractivity contribution in [3.05, 3.63) is 60.4 Å². The molecule has 4 aromatic rings. The first-order valence-electron chi connectivity index (χ1n) is 10.4. The average molecular weight is 455 g/mol. The van der Waals surface area contributed by atoms with Gasteiger partial charge < -0.3 is 15.2 Å². The molecule has 1 aliphatic rings. The summed E-state index contributed by atoms with van der Waals surface area (Å²) in [6.07, 6.45) is -1.47. The van der Waals surface area contributed by atoms with E-state index in [1.54, 1.807) is 24.3 Å². The molecule has 0 aliphatic carbocycles. The summed E-state index contributed by atoms with van der Waals surface area (Å²) < 4.78 is 46.5. The van der Waals surface area contributed by atoms with Crippen LogP contribution >= 0.6 is 0 Å². The van der Waals surface area contributed by atoms with Crippen LogP contribution in [0.3, 0.4) is 0 Å². The van der Waals surface area contributed by atoms with E-state index in [1.807, 2.05) is 4.68 Å². The largest absolute Gasteiger partial charge is 0.508 e. The van der Waals surface area contributed by atoms with Crippen molar-refractivity contribution in [1.82, 2.24) is 19.7 Å². The molecule has 5 rings (SSSR count). The third kappa shape index (κ3) is 4.21. The molecule has 0 amide bonds. The molecule has 0 bridgehead atoms. The zero-order valence-corrected chi connectivity index (χ0v) is 17.4. The lowest BCUT2D eigenvalue weighted by atomic mass is 10.1. The maximum Gasteiger partial charge on any atom is 0.416 e. The fraction of sp³-hybridized carbons (Fsp3) is 0.261. The number of phenols is 1. The molecule has 2 aromatic carbocycles. The summed E-state index contributed by atoms with van der Waals surface area (Å²) in [6.45, 7) is 1.21. The standard InChI is InChI=1S/C23H20F3N5O2/c24-23(25,26)15-3-1-14(2-4-15)20-19-21(29-16-5-7-18(32)8-6-16)27-13-28-22(19)31(30-20)17-9-11-33-12-10-17/h1-8,13,17,32H,9-12H2,(H,27,28,29). The van der Waals surface area contributed by atoms with Gasteiger partial charge in [0, 0.05) is 24.5 Å². The second-order valence-electron chi connectivity index (χ2n) is 7.80. The van der Waals surface area contributed by atoms with Gasteiger partial charge in [0.05, 0.1) is 17.0 Å². The van der Waals surface area contributed by atoms with E-state index in [1.165, 1.54) is 18.5 Å². The second-order valence-corrected chi connectivity index (χ2v) is 7.80. The molecule has 170 valence electrons. The number of nitrogens with zero attached hydrogens (tertiary/aromatic N) is 4. The molecule has 33 heavy (non-hydrogen) atoms. The number of ether oxygens (including phenoxy) is 1. The lowest BCUT2D eigenvalue weighted by Gasteiger charge is -2.22. The summed E-state index contributed by atoms with van der Waals surface area (Å²) in [4.78, 5) is 8.85. The Labute approximate surface area is 186 Å². The smallest absolute Gasteiger partial charge is 0.416 e. The van der Waals surface area contributed by atoms with Crippen molar-refractivity contribution < 1.29 is 23.0 Å². The van der Waals surface area contributed by atoms with Crippen molar-refractivity contribution >= 4 is 22.5 Å². The first kappa shape index (κ1) is 21.2. The van der Waals surface area contributed by atoms with Gasteiger partial charge in [-0.2, -0.15) is 18.3 Å². The minimum atomic E-state index is -4.42. The molecule has 3 heterocycles. The van der Waals surface area contributed by atoms with Crippen molar-refractivity contribution in [2.24, 2.45) is 0 Å². The molecule has 7 nitrogen and oxygen atoms in total. The quantitative estimate of drug-likeness (QED) is 0.406. The Morgan fingerprint density at radius 2 is 1.67 bits per heavy atom. The van der Waals surface area contributed by atoms with E-state index in [9.17, 15) is 18.3 Å². The molecule has 0 atom stereocenters. The zero-order chi connectivity index (χ0) is 23.0. The Kier molecular flexibility index (Phi) is 5.37. The molecule has 1 fully saturated rings. The van der Waals surface area contributed by atoms with Crippen LogP contribution in [0.1, 0.15) is 24.4 Å². The van der Waals surface area contributed by atoms with E-state index >= 15 is 0 Å². The maximum absolute atomic E-state index is 13.1. The molecule has 2 N–H and O–H groups in total. The predicted molar refractivity (Wildman–Crippen MR) is 116 cm³/mol. The number of aromatic hydroxyl groups is 1. The van der Waals surface area contributed by atoms with Gasteiger partial charge in [0.15, 0.2) is 5.65 Å². The number of anilines is 2. The predicted octanol–water partition coefficient (Wildman–Crippen LogP) is 5.31. The Morgan fingerprint density at radius 1 is 0.970 bits per heavy atom. The molecule has 10 heteroatoms. The highest BCUT2D eigenvalue weighted by Crippen LogP contribution is 2.37. The number of hydrogen-bond donors (Lipinski definition) is 2. The van der Waals surface area contributed by atoms with Crippen LogP contribution in [0.25, 0.3) is 22.3 Å². The molecule has 1 saturated heterocycles. The molecule has 0 saturated carbocycles. The summed E-state index contributed by atoms with van der Waals surface area (Å²) in [5.41, 5.74) is 1.57. The van der Waals surface area contributed by atoms with Crippen LogP contribution in [0.15, 0.2) is 54.9 Å². The number of fused-ring (bicyclic) bond motifs is 1. The monoisotopic (exact) mass is 455 g/mol. The van der Waals surface area contributed by atoms with Crippen molar-refractivity contribution in [3.63, 3.8) is 0 Å². The Balaban J connectivity index is 1.65. The van der Waals surface area contributed by atoms with Gasteiger partial charge in [-0.15, -0.1) is 0 Å². The van der Waals surface area contributed by atoms with E-state index in [2.05, 4.69) is 15.3 Å². The van der Waals surface area contributed by atoms with Crippen LogP contribution in [0.5, 0.6) is 5.75 Å². The number of hydrogen-bond acceptors (Lipinski definition) is 6. The summed E-state index contributed by atoms with van der Waals surface area (Å²) in [7, 11) is 0. The Hall–Kier alpha value is -3.66. The minimum Gasteiger partial charge on any atom is -0.508 e. The van der Waals surface area contributed by atoms with Gasteiger partial charge in [0.1, 0.15) is 23.6 Å². The molecule has 0 radical (unpaired) electrons. The highest BCUT2D eigenvalue weighted by atomic mass is 19.4. The average Bonchev–Trinajstić information content (AvgIpc) is 3.21. The van der Waals surface area contributed by atoms with E-state index in [4.69, 9.17) is 9.84 Å². The van der Waals surface area contributed by atoms with Crippen LogP contribution in [0.2, 0.25) is 0 Å². The Morgan fingerprint density at radius 3 is 2.33 bits per heavy atom. The second kappa shape index (κ2) is 8.36. The number of phenolic OH excluding ortho intramolecular Hbond substituents is 1. The summed E-state index contributed by atoms with van der Waals surface area (Å²) in [5, 5.41) is 18.2. The SMILES string of the molecule is Oc1ccc(Nc2ncnc3c2c(-c2ccc(C(F)(F)F)cc2)nn3C2CCOCC2)cc1. The van der Waals surface area contributed by atoms with E-state index in [-0.39, 0.29) is 11.8 Å². The van der Waals surface area contributed by atoms with Crippen molar-refractivity contribution in [3.8, 4) is 17.0 Å². The van der Waals surface area contributed by atoms with Gasteiger partial charge >= 0.3 is 6.18 Å². The third-order valence-corrected chi connectivity index (χ3v) is 5.64. The molecular formula is C23H20F3N5O2. The summed E-state index contributed by atoms with van der Waals surface area (Å²) in [5.74, 6) is 0.602. The van der Waals surface area contributed by atoms with Crippen molar-refractivity contribution in [1.29, 1.82) is 0 Å². The lowest BCUT2D eigenvalue weighted by Crippen LogP contribution is -2.20. The third-order valence-electron chi connectivity index (χ3n) is 5.64. The van der Waals surface area contributed by atoms with Crippen LogP contribution in [-0.2, 0) is 10.9 Å². The lowest BCUT2D eigenvalue weighted by molar-refractivity contribution is -0.137. The normalized spacial score (nSPS) is 15.1. The number of aromatic nitrogens is 4. The van der Waals surface area contributed by atoms with Gasteiger partial charge in [-0.05, 0) is 49.2 Å². The number of nitrogens with one attached hydrogen (secondary N) is 1. The first-order chi connectivity index (χ1) is 15.9. The fourth-order valence-electron chi connectivity index (χ4n) is 3.95. The van der Waals surface area contributed by atoms with Crippen LogP contribution in [0.4, 0.5) is 24.7 Å². The van der Waals surface area contributed by atoms with Gasteiger partial charge in [0.25, 0.3) is 0 Å². The zero-order valence-electron chi connectivity index (χ0n) is 17.4. The maximum atomic E-state index is 13.1. The highest BCUT2D eigenvalue weighted by molar-refractivity contribution is 6.00. The van der Waals surface area contributed by atoms with E-state index in [0.29, 0.717) is 47.0 Å². The van der Waals surface area contributed by atoms with Gasteiger partial charge in [-0.1, -0.05) is 12.1 Å². The molecule has 0 spiro atoms. The number of benzene rings is 2. The van der Waals surface area contributed by atoms with E-state index < -0.39 is 11.7 Å². The summed E-state index contributed by atoms with van der Waals surface area (Å²) in [6, 6.07) is 11.5. The summed E-state index contributed by atoms with van der Waals surface area (Å²) >= 11 is 0. The van der Waals surface area contributed by atoms with E-state index in [0.717, 1.165) is 25.0 Å². The van der Waals surface area contributed by atoms with Crippen molar-refractivity contribution in [2.75, 3.05) is 18.5 Å². The van der Waals surface area contributed by atoms with Crippen LogP contribution < -0.4 is 5.32 Å². The van der Waals surface area contributed by atoms with Crippen LogP contribution in [-0.4, -0.2) is 38.1 Å². The minimum absolute atomic E-state index is 0.0564. The molecule has 0 unspecified atom stereocenters. The number of rotatable bonds is 4. The fourth-order valence-corrected chi connectivity index (χ4v) is 3.95.